The highest BCUT2D eigenvalue weighted by Crippen LogP contribution is 2.38. The molecule has 1 unspecified atom stereocenters. The van der Waals surface area contributed by atoms with Gasteiger partial charge in [0.2, 0.25) is 0 Å². The standard InChI is InChI=1S/C19H23N5S/c20-9-15-18(14-8-13(21)3-4-16(14)23-19(15)22)17-7-12(11-25-17)10-24-5-1-2-6-24/h7,11,13H,1-6,8,10,21H2,(H2,22,23). The zero-order valence-corrected chi connectivity index (χ0v) is 15.1. The van der Waals surface area contributed by atoms with E-state index in [0.29, 0.717) is 11.4 Å². The van der Waals surface area contributed by atoms with Crippen LogP contribution in [-0.2, 0) is 19.4 Å². The molecular weight excluding hydrogens is 330 g/mol. The van der Waals surface area contributed by atoms with Gasteiger partial charge in [-0.1, -0.05) is 0 Å². The number of nitriles is 1. The minimum absolute atomic E-state index is 0.132. The Bertz CT molecular complexity index is 829. The van der Waals surface area contributed by atoms with Crippen LogP contribution in [0, 0.1) is 11.3 Å². The van der Waals surface area contributed by atoms with Crippen molar-refractivity contribution in [3.05, 3.63) is 33.8 Å². The monoisotopic (exact) mass is 353 g/mol. The van der Waals surface area contributed by atoms with E-state index in [-0.39, 0.29) is 6.04 Å². The van der Waals surface area contributed by atoms with Crippen molar-refractivity contribution in [3.8, 4) is 16.5 Å². The van der Waals surface area contributed by atoms with Crippen LogP contribution in [0.5, 0.6) is 0 Å². The number of rotatable bonds is 3. The molecule has 0 spiro atoms. The first kappa shape index (κ1) is 16.5. The first-order valence-electron chi connectivity index (χ1n) is 8.92. The second-order valence-corrected chi connectivity index (χ2v) is 8.00. The van der Waals surface area contributed by atoms with Crippen molar-refractivity contribution in [2.75, 3.05) is 18.8 Å². The molecule has 0 bridgehead atoms. The van der Waals surface area contributed by atoms with Crippen molar-refractivity contribution < 1.29 is 0 Å². The summed E-state index contributed by atoms with van der Waals surface area (Å²) < 4.78 is 0. The molecule has 2 aliphatic rings. The van der Waals surface area contributed by atoms with Gasteiger partial charge < -0.3 is 11.5 Å². The zero-order valence-electron chi connectivity index (χ0n) is 14.3. The third kappa shape index (κ3) is 3.15. The molecule has 3 heterocycles. The number of hydrogen-bond acceptors (Lipinski definition) is 6. The number of aromatic nitrogens is 1. The van der Waals surface area contributed by atoms with E-state index in [9.17, 15) is 5.26 Å². The molecule has 2 aromatic heterocycles. The van der Waals surface area contributed by atoms with E-state index in [2.05, 4.69) is 27.4 Å². The molecule has 4 rings (SSSR count). The first-order valence-corrected chi connectivity index (χ1v) is 9.80. The Kier molecular flexibility index (Phi) is 4.46. The van der Waals surface area contributed by atoms with E-state index in [1.54, 1.807) is 11.3 Å². The minimum atomic E-state index is 0.132. The van der Waals surface area contributed by atoms with Crippen molar-refractivity contribution in [1.29, 1.82) is 5.26 Å². The SMILES string of the molecule is N#Cc1c(N)nc2c(c1-c1cc(CN3CCCC3)cs1)CC(N)CC2. The molecule has 0 amide bonds. The Labute approximate surface area is 152 Å². The zero-order chi connectivity index (χ0) is 17.4. The van der Waals surface area contributed by atoms with E-state index in [4.69, 9.17) is 11.5 Å². The molecule has 1 fully saturated rings. The maximum absolute atomic E-state index is 9.66. The van der Waals surface area contributed by atoms with E-state index >= 15 is 0 Å². The molecule has 130 valence electrons. The van der Waals surface area contributed by atoms with Gasteiger partial charge in [0, 0.05) is 28.7 Å². The summed E-state index contributed by atoms with van der Waals surface area (Å²) in [7, 11) is 0. The van der Waals surface area contributed by atoms with Gasteiger partial charge in [-0.25, -0.2) is 4.98 Å². The average Bonchev–Trinajstić information content (AvgIpc) is 3.26. The van der Waals surface area contributed by atoms with Crippen molar-refractivity contribution in [1.82, 2.24) is 9.88 Å². The molecule has 0 aromatic carbocycles. The smallest absolute Gasteiger partial charge is 0.142 e. The third-order valence-electron chi connectivity index (χ3n) is 5.25. The second-order valence-electron chi connectivity index (χ2n) is 7.09. The highest BCUT2D eigenvalue weighted by atomic mass is 32.1. The number of nitrogens with two attached hydrogens (primary N) is 2. The number of aryl methyl sites for hydroxylation is 1. The van der Waals surface area contributed by atoms with Gasteiger partial charge in [0.1, 0.15) is 17.5 Å². The fourth-order valence-corrected chi connectivity index (χ4v) is 4.96. The lowest BCUT2D eigenvalue weighted by molar-refractivity contribution is 0.332. The molecule has 0 saturated carbocycles. The third-order valence-corrected chi connectivity index (χ3v) is 6.24. The predicted octanol–water partition coefficient (Wildman–Crippen LogP) is 2.68. The van der Waals surface area contributed by atoms with E-state index in [1.807, 2.05) is 0 Å². The van der Waals surface area contributed by atoms with Gasteiger partial charge in [-0.3, -0.25) is 4.90 Å². The van der Waals surface area contributed by atoms with Crippen LogP contribution in [0.15, 0.2) is 11.4 Å². The fourth-order valence-electron chi connectivity index (χ4n) is 3.98. The van der Waals surface area contributed by atoms with Crippen molar-refractivity contribution >= 4 is 17.2 Å². The largest absolute Gasteiger partial charge is 0.383 e. The number of nitrogens with zero attached hydrogens (tertiary/aromatic N) is 3. The number of likely N-dealkylation sites (tertiary alicyclic amines) is 1. The maximum atomic E-state index is 9.66. The normalized spacial score (nSPS) is 20.4. The molecule has 2 aromatic rings. The van der Waals surface area contributed by atoms with Crippen molar-refractivity contribution in [2.24, 2.45) is 5.73 Å². The predicted molar refractivity (Wildman–Crippen MR) is 101 cm³/mol. The van der Waals surface area contributed by atoms with Gasteiger partial charge in [-0.15, -0.1) is 11.3 Å². The van der Waals surface area contributed by atoms with E-state index in [0.717, 1.165) is 47.5 Å². The Balaban J connectivity index is 1.75. The van der Waals surface area contributed by atoms with Gasteiger partial charge in [-0.2, -0.15) is 5.26 Å². The molecule has 0 radical (unpaired) electrons. The van der Waals surface area contributed by atoms with Crippen molar-refractivity contribution in [2.45, 2.75) is 44.7 Å². The van der Waals surface area contributed by atoms with E-state index < -0.39 is 0 Å². The number of nitrogen functional groups attached to an aromatic ring is 1. The molecule has 1 aliphatic heterocycles. The Morgan fingerprint density at radius 2 is 2.16 bits per heavy atom. The molecule has 4 N–H and O–H groups in total. The average molecular weight is 353 g/mol. The summed E-state index contributed by atoms with van der Waals surface area (Å²) >= 11 is 1.70. The van der Waals surface area contributed by atoms with Gasteiger partial charge >= 0.3 is 0 Å². The lowest BCUT2D eigenvalue weighted by Crippen LogP contribution is -2.29. The van der Waals surface area contributed by atoms with Crippen molar-refractivity contribution in [3.63, 3.8) is 0 Å². The van der Waals surface area contributed by atoms with Crippen LogP contribution >= 0.6 is 11.3 Å². The lowest BCUT2D eigenvalue weighted by atomic mass is 9.86. The minimum Gasteiger partial charge on any atom is -0.383 e. The van der Waals surface area contributed by atoms with Gasteiger partial charge in [0.15, 0.2) is 0 Å². The number of fused-ring (bicyclic) bond motifs is 1. The van der Waals surface area contributed by atoms with E-state index in [1.165, 1.54) is 31.5 Å². The molecule has 1 atom stereocenters. The number of pyridine rings is 1. The van der Waals surface area contributed by atoms with Crippen LogP contribution in [0.2, 0.25) is 0 Å². The molecule has 1 saturated heterocycles. The summed E-state index contributed by atoms with van der Waals surface area (Å²) in [6.45, 7) is 3.35. The summed E-state index contributed by atoms with van der Waals surface area (Å²) in [6, 6.07) is 4.63. The summed E-state index contributed by atoms with van der Waals surface area (Å²) in [4.78, 5) is 8.10. The summed E-state index contributed by atoms with van der Waals surface area (Å²) in [5.41, 5.74) is 17.2. The van der Waals surface area contributed by atoms with Crippen LogP contribution in [0.4, 0.5) is 5.82 Å². The molecule has 6 heteroatoms. The first-order chi connectivity index (χ1) is 12.2. The summed E-state index contributed by atoms with van der Waals surface area (Å²) in [5.74, 6) is 0.348. The second kappa shape index (κ2) is 6.75. The molecular formula is C19H23N5S. The van der Waals surface area contributed by atoms with Crippen LogP contribution in [0.3, 0.4) is 0 Å². The molecule has 5 nitrogen and oxygen atoms in total. The molecule has 1 aliphatic carbocycles. The van der Waals surface area contributed by atoms with Gasteiger partial charge in [-0.05, 0) is 67.8 Å². The number of hydrogen-bond donors (Lipinski definition) is 2. The lowest BCUT2D eigenvalue weighted by Gasteiger charge is -2.24. The fraction of sp³-hybridized carbons (Fsp3) is 0.474. The Morgan fingerprint density at radius 3 is 2.92 bits per heavy atom. The highest BCUT2D eigenvalue weighted by molar-refractivity contribution is 7.13. The topological polar surface area (TPSA) is 92.0 Å². The quantitative estimate of drug-likeness (QED) is 0.885. The maximum Gasteiger partial charge on any atom is 0.142 e. The van der Waals surface area contributed by atoms with Crippen LogP contribution in [0.1, 0.15) is 41.6 Å². The van der Waals surface area contributed by atoms with Crippen LogP contribution in [-0.4, -0.2) is 29.0 Å². The van der Waals surface area contributed by atoms with Gasteiger partial charge in [0.25, 0.3) is 0 Å². The summed E-state index contributed by atoms with van der Waals surface area (Å²) in [6.07, 6.45) is 5.12. The van der Waals surface area contributed by atoms with Crippen LogP contribution < -0.4 is 11.5 Å². The summed E-state index contributed by atoms with van der Waals surface area (Å²) in [5, 5.41) is 11.9. The number of anilines is 1. The Hall–Kier alpha value is -1.94. The highest BCUT2D eigenvalue weighted by Gasteiger charge is 2.26. The van der Waals surface area contributed by atoms with Crippen LogP contribution in [0.25, 0.3) is 10.4 Å². The Morgan fingerprint density at radius 1 is 1.36 bits per heavy atom. The molecule has 25 heavy (non-hydrogen) atoms. The number of thiophene rings is 1. The van der Waals surface area contributed by atoms with Gasteiger partial charge in [0.05, 0.1) is 0 Å².